The molecule has 2 aliphatic rings. The van der Waals surface area contributed by atoms with Gasteiger partial charge in [-0.3, -0.25) is 4.79 Å². The normalized spacial score (nSPS) is 22.3. The van der Waals surface area contributed by atoms with Gasteiger partial charge < -0.3 is 24.6 Å². The number of anilines is 2. The molecule has 3 unspecified atom stereocenters. The molecule has 4 rings (SSSR count). The largest absolute Gasteiger partial charge is 0.489 e. The Labute approximate surface area is 216 Å². The third kappa shape index (κ3) is 6.20. The van der Waals surface area contributed by atoms with Crippen LogP contribution in [0.5, 0.6) is 5.75 Å². The number of aryl methyl sites for hydroxylation is 1. The van der Waals surface area contributed by atoms with Crippen molar-refractivity contribution in [3.63, 3.8) is 0 Å². The zero-order valence-electron chi connectivity index (χ0n) is 21.8. The minimum absolute atomic E-state index is 0.0552. The molecule has 3 atom stereocenters. The highest BCUT2D eigenvalue weighted by Gasteiger charge is 2.38. The van der Waals surface area contributed by atoms with Crippen molar-refractivity contribution in [2.45, 2.75) is 49.9 Å². The summed E-state index contributed by atoms with van der Waals surface area (Å²) in [5, 5.41) is 1.88. The Morgan fingerprint density at radius 2 is 2.03 bits per heavy atom. The van der Waals surface area contributed by atoms with Gasteiger partial charge in [-0.15, -0.1) is 0 Å². The Morgan fingerprint density at radius 1 is 1.28 bits per heavy atom. The summed E-state index contributed by atoms with van der Waals surface area (Å²) in [6.45, 7) is 2.19. The molecule has 0 bridgehead atoms. The molecule has 0 spiro atoms. The first-order valence-corrected chi connectivity index (χ1v) is 13.0. The van der Waals surface area contributed by atoms with Gasteiger partial charge in [-0.05, 0) is 55.4 Å². The van der Waals surface area contributed by atoms with Crippen molar-refractivity contribution in [3.05, 3.63) is 48.3 Å². The number of aldehydes is 1. The molecule has 1 saturated heterocycles. The van der Waals surface area contributed by atoms with E-state index < -0.39 is 11.4 Å². The van der Waals surface area contributed by atoms with Crippen LogP contribution in [-0.4, -0.2) is 59.9 Å². The van der Waals surface area contributed by atoms with Gasteiger partial charge in [0.25, 0.3) is 0 Å². The van der Waals surface area contributed by atoms with Crippen LogP contribution in [-0.2, 0) is 23.1 Å². The fourth-order valence-corrected chi connectivity index (χ4v) is 5.16. The SMILES string of the molecule is [B]C1(C(=O)NC(C=O)COc2ccc(N3CCC3)cc2N(C)C)CCCC(Cc2cc[n+](C)cc2)C1. The first-order valence-electron chi connectivity index (χ1n) is 13.0. The van der Waals surface area contributed by atoms with Crippen LogP contribution in [0, 0.1) is 5.92 Å². The molecule has 36 heavy (non-hydrogen) atoms. The summed E-state index contributed by atoms with van der Waals surface area (Å²) in [6, 6.07) is 9.55. The van der Waals surface area contributed by atoms with E-state index in [9.17, 15) is 9.59 Å². The summed E-state index contributed by atoms with van der Waals surface area (Å²) in [5.41, 5.74) is 3.35. The molecule has 1 aliphatic carbocycles. The number of nitrogens with zero attached hydrogens (tertiary/aromatic N) is 3. The smallest absolute Gasteiger partial charge is 0.218 e. The number of carbonyl (C=O) groups excluding carboxylic acids is 2. The number of carbonyl (C=O) groups is 2. The number of pyridine rings is 1. The third-order valence-corrected chi connectivity index (χ3v) is 7.46. The van der Waals surface area contributed by atoms with Crippen LogP contribution < -0.4 is 24.4 Å². The van der Waals surface area contributed by atoms with Crippen LogP contribution in [0.25, 0.3) is 0 Å². The average molecular weight is 489 g/mol. The van der Waals surface area contributed by atoms with Gasteiger partial charge in [-0.25, -0.2) is 4.57 Å². The maximum Gasteiger partial charge on any atom is 0.218 e. The highest BCUT2D eigenvalue weighted by molar-refractivity contribution is 6.28. The van der Waals surface area contributed by atoms with Crippen molar-refractivity contribution < 1.29 is 18.9 Å². The standard InChI is InChI=1S/C28H37BN4O3/c1-31(2)25-17-24(33-12-5-13-33)7-8-26(25)36-20-23(19-34)30-27(35)28(29)11-4-6-22(18-28)16-21-9-14-32(3)15-10-21/h7-10,14-15,17,19,22-23H,4-6,11-13,16,18,20H2,1-3H3/p+1. The van der Waals surface area contributed by atoms with Crippen molar-refractivity contribution in [2.75, 3.05) is 43.6 Å². The molecule has 7 nitrogen and oxygen atoms in total. The van der Waals surface area contributed by atoms with E-state index in [1.165, 1.54) is 17.7 Å². The predicted octanol–water partition coefficient (Wildman–Crippen LogP) is 2.61. The molecule has 8 heteroatoms. The van der Waals surface area contributed by atoms with E-state index in [1.54, 1.807) is 0 Å². The van der Waals surface area contributed by atoms with E-state index in [0.29, 0.717) is 24.5 Å². The summed E-state index contributed by atoms with van der Waals surface area (Å²) < 4.78 is 8.03. The highest BCUT2D eigenvalue weighted by atomic mass is 16.5. The van der Waals surface area contributed by atoms with E-state index in [1.807, 2.05) is 55.1 Å². The van der Waals surface area contributed by atoms with Crippen LogP contribution in [0.2, 0.25) is 5.31 Å². The van der Waals surface area contributed by atoms with Crippen LogP contribution >= 0.6 is 0 Å². The lowest BCUT2D eigenvalue weighted by Crippen LogP contribution is -2.47. The fourth-order valence-electron chi connectivity index (χ4n) is 5.16. The van der Waals surface area contributed by atoms with Crippen LogP contribution in [0.3, 0.4) is 0 Å². The van der Waals surface area contributed by atoms with Gasteiger partial charge in [0.2, 0.25) is 5.91 Å². The molecule has 2 fully saturated rings. The summed E-state index contributed by atoms with van der Waals surface area (Å²) in [7, 11) is 12.6. The highest BCUT2D eigenvalue weighted by Crippen LogP contribution is 2.44. The molecule has 2 radical (unpaired) electrons. The molecule has 1 aliphatic heterocycles. The summed E-state index contributed by atoms with van der Waals surface area (Å²) in [4.78, 5) is 29.4. The molecule has 1 saturated carbocycles. The lowest BCUT2D eigenvalue weighted by atomic mass is 9.56. The number of aromatic nitrogens is 1. The zero-order valence-corrected chi connectivity index (χ0v) is 21.8. The number of hydrogen-bond acceptors (Lipinski definition) is 5. The number of ether oxygens (including phenoxy) is 1. The molecule has 1 N–H and O–H groups in total. The van der Waals surface area contributed by atoms with Crippen molar-refractivity contribution in [1.82, 2.24) is 5.32 Å². The predicted molar refractivity (Wildman–Crippen MR) is 143 cm³/mol. The second kappa shape index (κ2) is 11.4. The maximum atomic E-state index is 13.2. The molecular formula is C28H38BN4O3+. The van der Waals surface area contributed by atoms with Crippen molar-refractivity contribution in [1.29, 1.82) is 0 Å². The Balaban J connectivity index is 1.35. The fraction of sp³-hybridized carbons (Fsp3) is 0.536. The summed E-state index contributed by atoms with van der Waals surface area (Å²) >= 11 is 0. The Morgan fingerprint density at radius 3 is 2.67 bits per heavy atom. The van der Waals surface area contributed by atoms with Gasteiger partial charge in [0.15, 0.2) is 12.4 Å². The van der Waals surface area contributed by atoms with Gasteiger partial charge in [-0.1, -0.05) is 12.8 Å². The third-order valence-electron chi connectivity index (χ3n) is 7.46. The summed E-state index contributed by atoms with van der Waals surface area (Å²) in [5.74, 6) is 0.746. The molecular weight excluding hydrogens is 451 g/mol. The number of rotatable bonds is 10. The maximum absolute atomic E-state index is 13.2. The van der Waals surface area contributed by atoms with E-state index in [4.69, 9.17) is 12.6 Å². The lowest BCUT2D eigenvalue weighted by Gasteiger charge is -2.38. The first kappa shape index (κ1) is 26.0. The van der Waals surface area contributed by atoms with Gasteiger partial charge in [0.05, 0.1) is 13.5 Å². The van der Waals surface area contributed by atoms with E-state index in [0.717, 1.165) is 44.3 Å². The zero-order chi connectivity index (χ0) is 25.7. The second-order valence-electron chi connectivity index (χ2n) is 10.6. The van der Waals surface area contributed by atoms with Crippen LogP contribution in [0.4, 0.5) is 11.4 Å². The van der Waals surface area contributed by atoms with Crippen LogP contribution in [0.15, 0.2) is 42.7 Å². The molecule has 2 aromatic rings. The lowest BCUT2D eigenvalue weighted by molar-refractivity contribution is -0.671. The van der Waals surface area contributed by atoms with Gasteiger partial charge in [-0.2, -0.15) is 0 Å². The minimum atomic E-state index is -0.975. The van der Waals surface area contributed by atoms with Gasteiger partial charge >= 0.3 is 0 Å². The van der Waals surface area contributed by atoms with E-state index >= 15 is 0 Å². The summed E-state index contributed by atoms with van der Waals surface area (Å²) in [6.07, 6.45) is 10.1. The molecule has 1 aromatic heterocycles. The number of hydrogen-bond donors (Lipinski definition) is 1. The second-order valence-corrected chi connectivity index (χ2v) is 10.6. The minimum Gasteiger partial charge on any atom is -0.489 e. The first-order chi connectivity index (χ1) is 17.3. The average Bonchev–Trinajstić information content (AvgIpc) is 2.82. The van der Waals surface area contributed by atoms with Crippen molar-refractivity contribution in [3.8, 4) is 5.75 Å². The number of amides is 1. The monoisotopic (exact) mass is 489 g/mol. The Bertz CT molecular complexity index is 1060. The molecule has 190 valence electrons. The quantitative estimate of drug-likeness (QED) is 0.316. The topological polar surface area (TPSA) is 65.8 Å². The molecule has 1 aromatic carbocycles. The molecule has 1 amide bonds. The molecule has 2 heterocycles. The van der Waals surface area contributed by atoms with Gasteiger partial charge in [0.1, 0.15) is 31.7 Å². The Kier molecular flexibility index (Phi) is 8.22. The van der Waals surface area contributed by atoms with Crippen LogP contribution in [0.1, 0.15) is 37.7 Å². The van der Waals surface area contributed by atoms with Gasteiger partial charge in [0, 0.05) is 50.3 Å². The van der Waals surface area contributed by atoms with E-state index in [2.05, 4.69) is 28.4 Å². The van der Waals surface area contributed by atoms with Crippen molar-refractivity contribution in [2.24, 2.45) is 13.0 Å². The van der Waals surface area contributed by atoms with E-state index in [-0.39, 0.29) is 12.5 Å². The van der Waals surface area contributed by atoms with Crippen molar-refractivity contribution >= 4 is 31.4 Å². The number of nitrogens with one attached hydrogen (secondary N) is 1. The Hall–Kier alpha value is -3.03. The number of benzene rings is 1.